The highest BCUT2D eigenvalue weighted by atomic mass is 35.5. The molecule has 0 radical (unpaired) electrons. The molecule has 0 bridgehead atoms. The molecule has 3 heteroatoms. The summed E-state index contributed by atoms with van der Waals surface area (Å²) in [6.45, 7) is 6.81. The Morgan fingerprint density at radius 3 is 2.55 bits per heavy atom. The highest BCUT2D eigenvalue weighted by Crippen LogP contribution is 2.35. The van der Waals surface area contributed by atoms with Crippen LogP contribution in [0.5, 0.6) is 0 Å². The van der Waals surface area contributed by atoms with Gasteiger partial charge in [0.25, 0.3) is 0 Å². The zero-order valence-corrected chi connectivity index (χ0v) is 13.7. The van der Waals surface area contributed by atoms with Crippen LogP contribution >= 0.6 is 11.6 Å². The zero-order chi connectivity index (χ0) is 14.5. The molecule has 1 aromatic rings. The van der Waals surface area contributed by atoms with E-state index in [0.29, 0.717) is 12.1 Å². The third-order valence-electron chi connectivity index (χ3n) is 4.70. The molecule has 0 aromatic heterocycles. The normalized spacial score (nSPS) is 23.6. The first-order valence-corrected chi connectivity index (χ1v) is 8.19. The molecule has 3 atom stereocenters. The van der Waals surface area contributed by atoms with Crippen LogP contribution in [-0.2, 0) is 0 Å². The molecular weight excluding hydrogens is 268 g/mol. The summed E-state index contributed by atoms with van der Waals surface area (Å²) in [4.78, 5) is 2.53. The maximum Gasteiger partial charge on any atom is 0.0406 e. The Morgan fingerprint density at radius 1 is 1.30 bits per heavy atom. The topological polar surface area (TPSA) is 15.3 Å². The molecule has 112 valence electrons. The van der Waals surface area contributed by atoms with E-state index in [1.165, 1.54) is 24.8 Å². The average molecular weight is 295 g/mol. The lowest BCUT2D eigenvalue weighted by Crippen LogP contribution is -2.49. The van der Waals surface area contributed by atoms with Gasteiger partial charge in [-0.25, -0.2) is 0 Å². The first-order chi connectivity index (χ1) is 9.63. The Labute approximate surface area is 128 Å². The summed E-state index contributed by atoms with van der Waals surface area (Å²) in [5.74, 6) is 0.807. The molecule has 0 spiro atoms. The van der Waals surface area contributed by atoms with Gasteiger partial charge in [-0.1, -0.05) is 30.7 Å². The molecular formula is C17H27ClN2. The minimum absolute atomic E-state index is 0.450. The van der Waals surface area contributed by atoms with Gasteiger partial charge in [-0.05, 0) is 69.9 Å². The summed E-state index contributed by atoms with van der Waals surface area (Å²) in [6, 6.07) is 9.43. The van der Waals surface area contributed by atoms with Gasteiger partial charge in [-0.3, -0.25) is 4.90 Å². The first-order valence-electron chi connectivity index (χ1n) is 7.81. The van der Waals surface area contributed by atoms with Crippen LogP contribution in [0.4, 0.5) is 0 Å². The quantitative estimate of drug-likeness (QED) is 0.761. The van der Waals surface area contributed by atoms with Gasteiger partial charge in [-0.15, -0.1) is 0 Å². The Kier molecular flexibility index (Phi) is 5.88. The van der Waals surface area contributed by atoms with Crippen LogP contribution in [0.3, 0.4) is 0 Å². The Balaban J connectivity index is 1.89. The molecule has 0 amide bonds. The second-order valence-electron chi connectivity index (χ2n) is 6.00. The lowest BCUT2D eigenvalue weighted by molar-refractivity contribution is 0.0550. The minimum atomic E-state index is 0.450. The fourth-order valence-corrected chi connectivity index (χ4v) is 3.18. The van der Waals surface area contributed by atoms with Crippen molar-refractivity contribution in [3.8, 4) is 0 Å². The molecule has 0 saturated heterocycles. The van der Waals surface area contributed by atoms with E-state index in [4.69, 9.17) is 11.6 Å². The lowest BCUT2D eigenvalue weighted by atomic mass is 9.77. The summed E-state index contributed by atoms with van der Waals surface area (Å²) in [7, 11) is 2.26. The molecule has 1 aliphatic carbocycles. The van der Waals surface area contributed by atoms with Crippen LogP contribution < -0.4 is 5.32 Å². The van der Waals surface area contributed by atoms with Crippen molar-refractivity contribution < 1.29 is 0 Å². The molecule has 1 N–H and O–H groups in total. The Morgan fingerprint density at radius 2 is 2.00 bits per heavy atom. The molecule has 1 fully saturated rings. The smallest absolute Gasteiger partial charge is 0.0406 e. The third kappa shape index (κ3) is 3.75. The fraction of sp³-hybridized carbons (Fsp3) is 0.647. The van der Waals surface area contributed by atoms with Crippen molar-refractivity contribution in [3.63, 3.8) is 0 Å². The van der Waals surface area contributed by atoms with Crippen molar-refractivity contribution in [2.75, 3.05) is 20.1 Å². The highest BCUT2D eigenvalue weighted by Gasteiger charge is 2.35. The van der Waals surface area contributed by atoms with E-state index in [0.717, 1.165) is 24.0 Å². The van der Waals surface area contributed by atoms with Gasteiger partial charge >= 0.3 is 0 Å². The molecule has 1 aromatic carbocycles. The summed E-state index contributed by atoms with van der Waals surface area (Å²) in [5, 5.41) is 4.38. The SMILES string of the molecule is CCCNCC1CCC1N(C)C(C)c1ccc(Cl)cc1. The first kappa shape index (κ1) is 15.8. The standard InChI is InChI=1S/C17H27ClN2/c1-4-11-19-12-15-7-10-17(15)20(3)13(2)14-5-8-16(18)9-6-14/h5-6,8-9,13,15,17,19H,4,7,10-12H2,1-3H3. The van der Waals surface area contributed by atoms with Crippen molar-refractivity contribution >= 4 is 11.6 Å². The summed E-state index contributed by atoms with van der Waals surface area (Å²) in [5.41, 5.74) is 1.35. The van der Waals surface area contributed by atoms with Gasteiger partial charge in [0.2, 0.25) is 0 Å². The van der Waals surface area contributed by atoms with Crippen LogP contribution in [0, 0.1) is 5.92 Å². The number of nitrogens with one attached hydrogen (secondary N) is 1. The maximum atomic E-state index is 5.97. The molecule has 2 nitrogen and oxygen atoms in total. The predicted molar refractivity (Wildman–Crippen MR) is 87.3 cm³/mol. The fourth-order valence-electron chi connectivity index (χ4n) is 3.05. The van der Waals surface area contributed by atoms with Crippen LogP contribution in [0.2, 0.25) is 5.02 Å². The molecule has 0 heterocycles. The number of hydrogen-bond acceptors (Lipinski definition) is 2. The lowest BCUT2D eigenvalue weighted by Gasteiger charge is -2.45. The third-order valence-corrected chi connectivity index (χ3v) is 4.95. The largest absolute Gasteiger partial charge is 0.316 e. The molecule has 2 rings (SSSR count). The van der Waals surface area contributed by atoms with Gasteiger partial charge in [-0.2, -0.15) is 0 Å². The molecule has 0 aliphatic heterocycles. The highest BCUT2D eigenvalue weighted by molar-refractivity contribution is 6.30. The van der Waals surface area contributed by atoms with Crippen molar-refractivity contribution in [1.82, 2.24) is 10.2 Å². The predicted octanol–water partition coefficient (Wildman–Crippen LogP) is 4.11. The van der Waals surface area contributed by atoms with E-state index in [2.05, 4.69) is 43.2 Å². The molecule has 1 saturated carbocycles. The number of hydrogen-bond donors (Lipinski definition) is 1. The van der Waals surface area contributed by atoms with E-state index >= 15 is 0 Å². The van der Waals surface area contributed by atoms with E-state index in [1.807, 2.05) is 12.1 Å². The van der Waals surface area contributed by atoms with Crippen LogP contribution in [-0.4, -0.2) is 31.1 Å². The average Bonchev–Trinajstić information content (AvgIpc) is 2.42. The number of rotatable bonds is 7. The van der Waals surface area contributed by atoms with Crippen molar-refractivity contribution in [1.29, 1.82) is 0 Å². The second-order valence-corrected chi connectivity index (χ2v) is 6.44. The van der Waals surface area contributed by atoms with Crippen molar-refractivity contribution in [2.24, 2.45) is 5.92 Å². The monoisotopic (exact) mass is 294 g/mol. The van der Waals surface area contributed by atoms with E-state index < -0.39 is 0 Å². The Bertz CT molecular complexity index is 404. The minimum Gasteiger partial charge on any atom is -0.316 e. The van der Waals surface area contributed by atoms with E-state index in [-0.39, 0.29) is 0 Å². The van der Waals surface area contributed by atoms with Crippen molar-refractivity contribution in [3.05, 3.63) is 34.9 Å². The van der Waals surface area contributed by atoms with E-state index in [1.54, 1.807) is 0 Å². The van der Waals surface area contributed by atoms with Crippen LogP contribution in [0.1, 0.15) is 44.7 Å². The van der Waals surface area contributed by atoms with Gasteiger partial charge in [0.1, 0.15) is 0 Å². The molecule has 20 heavy (non-hydrogen) atoms. The van der Waals surface area contributed by atoms with Gasteiger partial charge in [0.15, 0.2) is 0 Å². The van der Waals surface area contributed by atoms with E-state index in [9.17, 15) is 0 Å². The number of halogens is 1. The van der Waals surface area contributed by atoms with Gasteiger partial charge in [0, 0.05) is 17.1 Å². The number of nitrogens with zero attached hydrogens (tertiary/aromatic N) is 1. The van der Waals surface area contributed by atoms with Gasteiger partial charge < -0.3 is 5.32 Å². The maximum absolute atomic E-state index is 5.97. The summed E-state index contributed by atoms with van der Waals surface area (Å²) < 4.78 is 0. The number of benzene rings is 1. The zero-order valence-electron chi connectivity index (χ0n) is 12.9. The van der Waals surface area contributed by atoms with Crippen LogP contribution in [0.15, 0.2) is 24.3 Å². The van der Waals surface area contributed by atoms with Crippen LogP contribution in [0.25, 0.3) is 0 Å². The van der Waals surface area contributed by atoms with Crippen molar-refractivity contribution in [2.45, 2.75) is 45.2 Å². The summed E-state index contributed by atoms with van der Waals surface area (Å²) >= 11 is 5.97. The van der Waals surface area contributed by atoms with Gasteiger partial charge in [0.05, 0.1) is 0 Å². The molecule has 1 aliphatic rings. The Hall–Kier alpha value is -0.570. The summed E-state index contributed by atoms with van der Waals surface area (Å²) in [6.07, 6.45) is 3.90. The molecule has 3 unspecified atom stereocenters. The second kappa shape index (κ2) is 7.44.